The number of carbonyl (C=O) groups excluding carboxylic acids is 1. The summed E-state index contributed by atoms with van der Waals surface area (Å²) in [5.41, 5.74) is 1.59. The molecule has 2 aliphatic rings. The average molecular weight is 565 g/mol. The molecule has 40 heavy (non-hydrogen) atoms. The number of aliphatic hydroxyl groups excluding tert-OH is 5. The Bertz CT molecular complexity index is 1120. The molecule has 1 aliphatic carbocycles. The maximum Gasteiger partial charge on any atom is 0.330 e. The Kier molecular flexibility index (Phi) is 10.5. The second-order valence-electron chi connectivity index (χ2n) is 10.8. The molecule has 0 saturated carbocycles. The van der Waals surface area contributed by atoms with Gasteiger partial charge in [0.2, 0.25) is 0 Å². The molecule has 1 aliphatic heterocycles. The highest BCUT2D eigenvalue weighted by atomic mass is 16.7. The van der Waals surface area contributed by atoms with E-state index in [9.17, 15) is 35.4 Å². The Labute approximate surface area is 233 Å². The Morgan fingerprint density at radius 2 is 1.85 bits per heavy atom. The summed E-state index contributed by atoms with van der Waals surface area (Å²) in [6, 6.07) is 4.51. The number of phenols is 1. The maximum atomic E-state index is 12.3. The molecule has 11 nitrogen and oxygen atoms in total. The number of aromatic hydroxyl groups is 1. The van der Waals surface area contributed by atoms with E-state index in [0.717, 1.165) is 11.6 Å². The fraction of sp³-hybridized carbons (Fsp3) is 0.552. The van der Waals surface area contributed by atoms with Crippen LogP contribution in [-0.2, 0) is 19.0 Å². The first-order valence-electron chi connectivity index (χ1n) is 13.1. The van der Waals surface area contributed by atoms with Crippen LogP contribution in [0.1, 0.15) is 39.7 Å². The van der Waals surface area contributed by atoms with E-state index in [-0.39, 0.29) is 11.5 Å². The van der Waals surface area contributed by atoms with E-state index in [4.69, 9.17) is 18.9 Å². The largest absolute Gasteiger partial charge is 0.504 e. The Morgan fingerprint density at radius 3 is 2.50 bits per heavy atom. The summed E-state index contributed by atoms with van der Waals surface area (Å²) in [7, 11) is 1.40. The average Bonchev–Trinajstić information content (AvgIpc) is 2.90. The van der Waals surface area contributed by atoms with Gasteiger partial charge in [-0.1, -0.05) is 32.1 Å². The predicted molar refractivity (Wildman–Crippen MR) is 144 cm³/mol. The summed E-state index contributed by atoms with van der Waals surface area (Å²) in [6.45, 7) is 6.86. The van der Waals surface area contributed by atoms with E-state index in [1.54, 1.807) is 32.1 Å². The van der Waals surface area contributed by atoms with E-state index in [1.165, 1.54) is 25.3 Å². The van der Waals surface area contributed by atoms with Crippen LogP contribution in [0, 0.1) is 5.41 Å². The Balaban J connectivity index is 1.66. The van der Waals surface area contributed by atoms with Crippen LogP contribution >= 0.6 is 0 Å². The van der Waals surface area contributed by atoms with Gasteiger partial charge >= 0.3 is 5.97 Å². The zero-order valence-electron chi connectivity index (χ0n) is 23.3. The van der Waals surface area contributed by atoms with E-state index < -0.39 is 67.0 Å². The van der Waals surface area contributed by atoms with Crippen LogP contribution in [0.25, 0.3) is 6.08 Å². The molecule has 1 saturated heterocycles. The fourth-order valence-electron chi connectivity index (χ4n) is 4.92. The van der Waals surface area contributed by atoms with Crippen molar-refractivity contribution in [3.05, 3.63) is 53.1 Å². The second kappa shape index (κ2) is 13.3. The molecule has 1 fully saturated rings. The van der Waals surface area contributed by atoms with Crippen molar-refractivity contribution in [3.63, 3.8) is 0 Å². The van der Waals surface area contributed by atoms with Crippen molar-refractivity contribution in [3.8, 4) is 11.5 Å². The maximum absolute atomic E-state index is 12.3. The molecule has 0 radical (unpaired) electrons. The number of methoxy groups -OCH3 is 1. The number of ether oxygens (including phenoxy) is 4. The van der Waals surface area contributed by atoms with E-state index >= 15 is 0 Å². The highest BCUT2D eigenvalue weighted by Gasteiger charge is 2.47. The van der Waals surface area contributed by atoms with Gasteiger partial charge in [0.1, 0.15) is 37.1 Å². The van der Waals surface area contributed by atoms with Crippen molar-refractivity contribution in [2.24, 2.45) is 5.41 Å². The quantitative estimate of drug-likeness (QED) is 0.188. The number of benzene rings is 1. The number of rotatable bonds is 9. The number of hydrogen-bond acceptors (Lipinski definition) is 11. The summed E-state index contributed by atoms with van der Waals surface area (Å²) in [4.78, 5) is 12.3. The molecular weight excluding hydrogens is 524 g/mol. The minimum atomic E-state index is -1.66. The second-order valence-corrected chi connectivity index (χ2v) is 10.8. The number of esters is 1. The minimum Gasteiger partial charge on any atom is -0.504 e. The molecule has 0 spiro atoms. The molecule has 222 valence electrons. The zero-order valence-corrected chi connectivity index (χ0v) is 23.3. The van der Waals surface area contributed by atoms with Gasteiger partial charge in [0.05, 0.1) is 19.3 Å². The lowest BCUT2D eigenvalue weighted by Gasteiger charge is -2.45. The summed E-state index contributed by atoms with van der Waals surface area (Å²) in [5.74, 6) is -0.575. The topological polar surface area (TPSA) is 175 Å². The van der Waals surface area contributed by atoms with Gasteiger partial charge in [0, 0.05) is 6.08 Å². The standard InChI is InChI=1S/C29H40O11/c1-15(30)6-9-18-16(2)24(33)21(13-29(18,3)4)39-28-27(36)26(35)25(34)22(40-28)14-38-23(32)11-8-17-7-10-19(31)20(12-17)37-5/h6-12,15,21-22,24-28,30-31,33-36H,13-14H2,1-5H3. The van der Waals surface area contributed by atoms with Gasteiger partial charge in [-0.2, -0.15) is 0 Å². The number of allylic oxidation sites excluding steroid dienone is 2. The van der Waals surface area contributed by atoms with Crippen molar-refractivity contribution in [1.82, 2.24) is 0 Å². The lowest BCUT2D eigenvalue weighted by molar-refractivity contribution is -0.318. The smallest absolute Gasteiger partial charge is 0.330 e. The van der Waals surface area contributed by atoms with Gasteiger partial charge in [0.15, 0.2) is 17.8 Å². The minimum absolute atomic E-state index is 0.0488. The van der Waals surface area contributed by atoms with Crippen LogP contribution in [0.4, 0.5) is 0 Å². The fourth-order valence-corrected chi connectivity index (χ4v) is 4.92. The molecule has 0 amide bonds. The molecule has 3 rings (SSSR count). The SMILES string of the molecule is COc1cc(C=CC(=O)OCC2OC(OC3CC(C)(C)C(C=CC(C)O)=C(C)C3O)C(O)C(O)C2O)ccc1O. The summed E-state index contributed by atoms with van der Waals surface area (Å²) in [5, 5.41) is 61.7. The van der Waals surface area contributed by atoms with E-state index in [2.05, 4.69) is 0 Å². The van der Waals surface area contributed by atoms with Gasteiger partial charge in [-0.05, 0) is 60.6 Å². The van der Waals surface area contributed by atoms with Gasteiger partial charge in [-0.15, -0.1) is 0 Å². The molecule has 1 aromatic carbocycles. The summed E-state index contributed by atoms with van der Waals surface area (Å²) < 4.78 is 21.9. The third-order valence-corrected chi connectivity index (χ3v) is 7.19. The third-order valence-electron chi connectivity index (χ3n) is 7.19. The van der Waals surface area contributed by atoms with Crippen molar-refractivity contribution < 1.29 is 54.4 Å². The molecule has 1 heterocycles. The molecule has 6 N–H and O–H groups in total. The molecule has 1 aromatic rings. The monoisotopic (exact) mass is 564 g/mol. The predicted octanol–water partition coefficient (Wildman–Crippen LogP) is 1.19. The van der Waals surface area contributed by atoms with Crippen LogP contribution in [0.2, 0.25) is 0 Å². The number of phenolic OH excluding ortho intramolecular Hbond substituents is 1. The van der Waals surface area contributed by atoms with E-state index in [0.29, 0.717) is 17.6 Å². The highest BCUT2D eigenvalue weighted by Crippen LogP contribution is 2.43. The van der Waals surface area contributed by atoms with Crippen LogP contribution in [0.15, 0.2) is 47.6 Å². The molecule has 11 heteroatoms. The first-order chi connectivity index (χ1) is 18.7. The van der Waals surface area contributed by atoms with Gasteiger partial charge in [0.25, 0.3) is 0 Å². The molecule has 8 atom stereocenters. The van der Waals surface area contributed by atoms with Crippen molar-refractivity contribution in [1.29, 1.82) is 0 Å². The lowest BCUT2D eigenvalue weighted by Crippen LogP contribution is -2.60. The number of carbonyl (C=O) groups is 1. The van der Waals surface area contributed by atoms with Gasteiger partial charge < -0.3 is 49.6 Å². The lowest BCUT2D eigenvalue weighted by atomic mass is 9.70. The van der Waals surface area contributed by atoms with Crippen molar-refractivity contribution in [2.45, 2.75) is 83.1 Å². The normalized spacial score (nSPS) is 31.5. The van der Waals surface area contributed by atoms with Gasteiger partial charge in [-0.25, -0.2) is 4.79 Å². The first kappa shape index (κ1) is 31.8. The Morgan fingerprint density at radius 1 is 1.15 bits per heavy atom. The van der Waals surface area contributed by atoms with Crippen molar-refractivity contribution in [2.75, 3.05) is 13.7 Å². The zero-order chi connectivity index (χ0) is 29.8. The molecule has 8 unspecified atom stereocenters. The van der Waals surface area contributed by atoms with Crippen LogP contribution in [-0.4, -0.2) is 99.3 Å². The van der Waals surface area contributed by atoms with Crippen LogP contribution < -0.4 is 4.74 Å². The molecule has 0 aromatic heterocycles. The third kappa shape index (κ3) is 7.49. The van der Waals surface area contributed by atoms with Crippen molar-refractivity contribution >= 4 is 12.0 Å². The van der Waals surface area contributed by atoms with E-state index in [1.807, 2.05) is 13.8 Å². The summed E-state index contributed by atoms with van der Waals surface area (Å²) >= 11 is 0. The molecule has 0 bridgehead atoms. The number of hydrogen-bond donors (Lipinski definition) is 6. The summed E-state index contributed by atoms with van der Waals surface area (Å²) in [6.07, 6.45) is -3.68. The van der Waals surface area contributed by atoms with Gasteiger partial charge in [-0.3, -0.25) is 0 Å². The Hall–Kier alpha value is -2.77. The van der Waals surface area contributed by atoms with Crippen LogP contribution in [0.5, 0.6) is 11.5 Å². The first-order valence-corrected chi connectivity index (χ1v) is 13.1. The molecular formula is C29H40O11. The highest BCUT2D eigenvalue weighted by molar-refractivity contribution is 5.87. The van der Waals surface area contributed by atoms with Crippen LogP contribution in [0.3, 0.4) is 0 Å². The number of aliphatic hydroxyl groups is 5.